The molecule has 0 unspecified atom stereocenters. The summed E-state index contributed by atoms with van der Waals surface area (Å²) in [5, 5.41) is 5.07. The number of nitrogens with zero attached hydrogens (tertiary/aromatic N) is 4. The van der Waals surface area contributed by atoms with E-state index in [0.29, 0.717) is 17.5 Å². The predicted octanol–water partition coefficient (Wildman–Crippen LogP) is 17.0. The summed E-state index contributed by atoms with van der Waals surface area (Å²) in [5.74, 6) is 1.86. The third-order valence-corrected chi connectivity index (χ3v) is 14.2. The van der Waals surface area contributed by atoms with Gasteiger partial charge >= 0.3 is 0 Å². The Morgan fingerprint density at radius 2 is 0.794 bits per heavy atom. The van der Waals surface area contributed by atoms with Gasteiger partial charge < -0.3 is 4.57 Å². The first kappa shape index (κ1) is 39.6. The van der Waals surface area contributed by atoms with Crippen LogP contribution >= 0.6 is 11.3 Å². The van der Waals surface area contributed by atoms with Crippen molar-refractivity contribution < 1.29 is 0 Å². The van der Waals surface area contributed by atoms with Crippen LogP contribution < -0.4 is 0 Å². The maximum Gasteiger partial charge on any atom is 0.164 e. The first-order valence-corrected chi connectivity index (χ1v) is 23.7. The van der Waals surface area contributed by atoms with E-state index < -0.39 is 0 Å². The predicted molar refractivity (Wildman–Crippen MR) is 285 cm³/mol. The number of hydrogen-bond acceptors (Lipinski definition) is 4. The Kier molecular flexibility index (Phi) is 9.66. The van der Waals surface area contributed by atoms with E-state index in [1.54, 1.807) is 0 Å². The summed E-state index contributed by atoms with van der Waals surface area (Å²) in [6, 6.07) is 86.4. The van der Waals surface area contributed by atoms with Gasteiger partial charge in [0.05, 0.1) is 11.0 Å². The summed E-state index contributed by atoms with van der Waals surface area (Å²) in [6.07, 6.45) is 0. The molecule has 0 fully saturated rings. The van der Waals surface area contributed by atoms with Gasteiger partial charge in [-0.3, -0.25) is 0 Å². The Hall–Kier alpha value is -8.77. The molecule has 0 aliphatic carbocycles. The topological polar surface area (TPSA) is 43.6 Å². The summed E-state index contributed by atoms with van der Waals surface area (Å²) in [6.45, 7) is 0. The monoisotopic (exact) mass is 884 g/mol. The molecule has 0 N–H and O–H groups in total. The molecule has 0 bridgehead atoms. The molecule has 0 radical (unpaired) electrons. The average Bonchev–Trinajstić information content (AvgIpc) is 3.97. The Morgan fingerprint density at radius 3 is 1.47 bits per heavy atom. The van der Waals surface area contributed by atoms with E-state index in [1.165, 1.54) is 47.5 Å². The summed E-state index contributed by atoms with van der Waals surface area (Å²) >= 11 is 1.85. The molecule has 5 heteroatoms. The second-order valence-corrected chi connectivity index (χ2v) is 18.2. The molecule has 3 heterocycles. The summed E-state index contributed by atoms with van der Waals surface area (Å²) in [4.78, 5) is 15.8. The number of aromatic nitrogens is 4. The second kappa shape index (κ2) is 16.6. The van der Waals surface area contributed by atoms with Gasteiger partial charge in [0.15, 0.2) is 17.5 Å². The van der Waals surface area contributed by atoms with Gasteiger partial charge in [-0.15, -0.1) is 11.3 Å². The molecule has 318 valence electrons. The van der Waals surface area contributed by atoms with Crippen LogP contribution in [0, 0.1) is 0 Å². The molecule has 0 spiro atoms. The number of benzene rings is 10. The minimum Gasteiger partial charge on any atom is -0.309 e. The van der Waals surface area contributed by atoms with Crippen molar-refractivity contribution in [3.63, 3.8) is 0 Å². The van der Waals surface area contributed by atoms with E-state index >= 15 is 0 Å². The van der Waals surface area contributed by atoms with Crippen LogP contribution in [0.5, 0.6) is 0 Å². The molecule has 0 saturated carbocycles. The van der Waals surface area contributed by atoms with Gasteiger partial charge in [0.2, 0.25) is 0 Å². The first-order valence-electron chi connectivity index (χ1n) is 22.9. The van der Waals surface area contributed by atoms with Gasteiger partial charge in [0.25, 0.3) is 0 Å². The summed E-state index contributed by atoms with van der Waals surface area (Å²) < 4.78 is 4.89. The van der Waals surface area contributed by atoms with Crippen molar-refractivity contribution in [2.45, 2.75) is 0 Å². The molecule has 0 saturated heterocycles. The second-order valence-electron chi connectivity index (χ2n) is 17.1. The van der Waals surface area contributed by atoms with Gasteiger partial charge in [-0.1, -0.05) is 194 Å². The van der Waals surface area contributed by atoms with Gasteiger partial charge in [-0.2, -0.15) is 0 Å². The van der Waals surface area contributed by atoms with Gasteiger partial charge in [0.1, 0.15) is 0 Å². The molecule has 13 aromatic rings. The smallest absolute Gasteiger partial charge is 0.164 e. The van der Waals surface area contributed by atoms with Crippen molar-refractivity contribution in [1.82, 2.24) is 19.5 Å². The lowest BCUT2D eigenvalue weighted by molar-refractivity contribution is 1.07. The van der Waals surface area contributed by atoms with Crippen molar-refractivity contribution in [3.8, 4) is 84.4 Å². The first-order chi connectivity index (χ1) is 33.7. The Bertz CT molecular complexity index is 3940. The lowest BCUT2D eigenvalue weighted by Gasteiger charge is -2.17. The van der Waals surface area contributed by atoms with Crippen LogP contribution in [-0.4, -0.2) is 19.5 Å². The zero-order valence-electron chi connectivity index (χ0n) is 36.8. The molecular formula is C63H40N4S. The van der Waals surface area contributed by atoms with E-state index in [9.17, 15) is 0 Å². The van der Waals surface area contributed by atoms with Crippen LogP contribution in [0.2, 0.25) is 0 Å². The van der Waals surface area contributed by atoms with Gasteiger partial charge in [-0.25, -0.2) is 15.0 Å². The molecule has 0 amide bonds. The molecule has 0 aliphatic heterocycles. The standard InChI is InChI=1S/C63H40N4S/c1-6-18-41(19-7-1)45-30-33-49(42-20-8-2-9-21-42)53(38-45)46-31-34-50(54(39-46)63-65-61(43-22-10-3-11-23-43)64-62(66-63)44-24-12-4-13-25-44)47-32-35-52-58(40-47)68-57-37-36-56-59(60(52)57)51-28-16-17-29-55(51)67(56)48-26-14-5-15-27-48/h1-40H. The lowest BCUT2D eigenvalue weighted by Crippen LogP contribution is -2.01. The molecule has 10 aromatic carbocycles. The highest BCUT2D eigenvalue weighted by molar-refractivity contribution is 7.26. The van der Waals surface area contributed by atoms with Crippen molar-refractivity contribution in [1.29, 1.82) is 0 Å². The lowest BCUT2D eigenvalue weighted by atomic mass is 9.88. The van der Waals surface area contributed by atoms with Crippen LogP contribution in [0.15, 0.2) is 243 Å². The maximum absolute atomic E-state index is 5.33. The number of hydrogen-bond donors (Lipinski definition) is 0. The van der Waals surface area contributed by atoms with E-state index in [0.717, 1.165) is 61.3 Å². The third kappa shape index (κ3) is 6.88. The molecule has 68 heavy (non-hydrogen) atoms. The van der Waals surface area contributed by atoms with E-state index in [2.05, 4.69) is 211 Å². The molecule has 0 atom stereocenters. The fourth-order valence-corrected chi connectivity index (χ4v) is 11.0. The van der Waals surface area contributed by atoms with Gasteiger partial charge in [-0.05, 0) is 93.0 Å². The largest absolute Gasteiger partial charge is 0.309 e. The molecular weight excluding hydrogens is 845 g/mol. The molecule has 0 aliphatic rings. The molecule has 3 aromatic heterocycles. The van der Waals surface area contributed by atoms with Crippen LogP contribution in [0.4, 0.5) is 0 Å². The highest BCUT2D eigenvalue weighted by Crippen LogP contribution is 2.46. The fourth-order valence-electron chi connectivity index (χ4n) is 9.89. The fraction of sp³-hybridized carbons (Fsp3) is 0. The number of thiophene rings is 1. The van der Waals surface area contributed by atoms with Crippen molar-refractivity contribution >= 4 is 53.3 Å². The van der Waals surface area contributed by atoms with E-state index in [1.807, 2.05) is 47.7 Å². The third-order valence-electron chi connectivity index (χ3n) is 13.1. The maximum atomic E-state index is 5.33. The van der Waals surface area contributed by atoms with Crippen LogP contribution in [0.25, 0.3) is 126 Å². The van der Waals surface area contributed by atoms with Crippen LogP contribution in [0.3, 0.4) is 0 Å². The van der Waals surface area contributed by atoms with E-state index in [-0.39, 0.29) is 0 Å². The summed E-state index contributed by atoms with van der Waals surface area (Å²) in [5.41, 5.74) is 15.3. The Balaban J connectivity index is 1.05. The van der Waals surface area contributed by atoms with E-state index in [4.69, 9.17) is 15.0 Å². The quantitative estimate of drug-likeness (QED) is 0.153. The Morgan fingerprint density at radius 1 is 0.279 bits per heavy atom. The van der Waals surface area contributed by atoms with Crippen LogP contribution in [0.1, 0.15) is 0 Å². The van der Waals surface area contributed by atoms with Crippen molar-refractivity contribution in [3.05, 3.63) is 243 Å². The zero-order chi connectivity index (χ0) is 45.0. The molecule has 4 nitrogen and oxygen atoms in total. The number of rotatable bonds is 8. The Labute approximate surface area is 397 Å². The SMILES string of the molecule is c1ccc(-c2ccc(-c3ccccc3)c(-c3ccc(-c4ccc5c(c4)sc4ccc6c(c7ccccc7n6-c6ccccc6)c45)c(-c4nc(-c5ccccc5)nc(-c5ccccc5)n4)c3)c2)cc1. The number of para-hydroxylation sites is 2. The highest BCUT2D eigenvalue weighted by Gasteiger charge is 2.21. The van der Waals surface area contributed by atoms with Crippen molar-refractivity contribution in [2.75, 3.05) is 0 Å². The minimum atomic E-state index is 0.613. The number of fused-ring (bicyclic) bond motifs is 7. The van der Waals surface area contributed by atoms with Crippen molar-refractivity contribution in [2.24, 2.45) is 0 Å². The zero-order valence-corrected chi connectivity index (χ0v) is 37.6. The normalized spacial score (nSPS) is 11.5. The van der Waals surface area contributed by atoms with Gasteiger partial charge in [0, 0.05) is 53.3 Å². The highest BCUT2D eigenvalue weighted by atomic mass is 32.1. The average molecular weight is 885 g/mol. The van der Waals surface area contributed by atoms with Crippen LogP contribution in [-0.2, 0) is 0 Å². The minimum absolute atomic E-state index is 0.613. The molecule has 13 rings (SSSR count). The summed E-state index contributed by atoms with van der Waals surface area (Å²) in [7, 11) is 0.